The molecule has 0 aliphatic rings. The smallest absolute Gasteiger partial charge is 0.0794 e. The number of nitrogens with one attached hydrogen (secondary N) is 1. The first-order valence-electron chi connectivity index (χ1n) is 4.88. The van der Waals surface area contributed by atoms with Crippen molar-refractivity contribution >= 4 is 22.9 Å². The summed E-state index contributed by atoms with van der Waals surface area (Å²) in [4.78, 5) is 5.19. The molecule has 0 fully saturated rings. The van der Waals surface area contributed by atoms with Crippen LogP contribution < -0.4 is 11.3 Å². The van der Waals surface area contributed by atoms with Crippen molar-refractivity contribution in [2.24, 2.45) is 5.84 Å². The van der Waals surface area contributed by atoms with Crippen LogP contribution in [0.1, 0.15) is 16.5 Å². The number of benzene rings is 1. The van der Waals surface area contributed by atoms with Crippen molar-refractivity contribution in [2.45, 2.75) is 12.5 Å². The normalized spacial score (nSPS) is 12.6. The Morgan fingerprint density at radius 3 is 2.69 bits per heavy atom. The predicted octanol–water partition coefficient (Wildman–Crippen LogP) is 2.54. The van der Waals surface area contributed by atoms with Crippen LogP contribution in [0.2, 0.25) is 5.02 Å². The molecule has 2 rings (SSSR count). The number of hydrogen-bond acceptors (Lipinski definition) is 4. The van der Waals surface area contributed by atoms with Gasteiger partial charge in [0, 0.05) is 16.1 Å². The third-order valence-electron chi connectivity index (χ3n) is 2.35. The van der Waals surface area contributed by atoms with Gasteiger partial charge >= 0.3 is 0 Å². The lowest BCUT2D eigenvalue weighted by atomic mass is 10.1. The topological polar surface area (TPSA) is 50.9 Å². The van der Waals surface area contributed by atoms with Crippen LogP contribution >= 0.6 is 22.9 Å². The summed E-state index contributed by atoms with van der Waals surface area (Å²) in [5, 5.41) is 0.749. The second-order valence-corrected chi connectivity index (χ2v) is 4.81. The maximum Gasteiger partial charge on any atom is 0.0794 e. The molecule has 0 aliphatic heterocycles. The second kappa shape index (κ2) is 5.41. The van der Waals surface area contributed by atoms with Crippen molar-refractivity contribution in [1.82, 2.24) is 10.4 Å². The molecule has 5 heteroatoms. The number of nitrogens with two attached hydrogens (primary N) is 1. The molecule has 0 amide bonds. The van der Waals surface area contributed by atoms with Crippen molar-refractivity contribution in [3.63, 3.8) is 0 Å². The Balaban J connectivity index is 2.10. The van der Waals surface area contributed by atoms with E-state index in [-0.39, 0.29) is 6.04 Å². The number of rotatable bonds is 4. The first-order valence-corrected chi connectivity index (χ1v) is 6.14. The largest absolute Gasteiger partial charge is 0.271 e. The van der Waals surface area contributed by atoms with E-state index in [4.69, 9.17) is 17.4 Å². The lowest BCUT2D eigenvalue weighted by Crippen LogP contribution is -2.28. The Labute approximate surface area is 103 Å². The van der Waals surface area contributed by atoms with Crippen LogP contribution in [0, 0.1) is 0 Å². The van der Waals surface area contributed by atoms with Crippen molar-refractivity contribution in [3.05, 3.63) is 51.4 Å². The monoisotopic (exact) mass is 253 g/mol. The molecule has 84 valence electrons. The fraction of sp³-hybridized carbons (Fsp3) is 0.182. The van der Waals surface area contributed by atoms with E-state index >= 15 is 0 Å². The Morgan fingerprint density at radius 1 is 1.38 bits per heavy atom. The van der Waals surface area contributed by atoms with E-state index in [0.717, 1.165) is 16.3 Å². The van der Waals surface area contributed by atoms with Crippen LogP contribution in [-0.2, 0) is 6.42 Å². The molecule has 16 heavy (non-hydrogen) atoms. The van der Waals surface area contributed by atoms with E-state index in [1.165, 1.54) is 5.56 Å². The van der Waals surface area contributed by atoms with Gasteiger partial charge in [0.1, 0.15) is 0 Å². The Bertz CT molecular complexity index is 427. The molecule has 0 radical (unpaired) electrons. The summed E-state index contributed by atoms with van der Waals surface area (Å²) >= 11 is 7.43. The minimum Gasteiger partial charge on any atom is -0.271 e. The number of aromatic nitrogens is 1. The maximum absolute atomic E-state index is 5.83. The minimum atomic E-state index is 0.105. The van der Waals surface area contributed by atoms with Gasteiger partial charge in [-0.15, -0.1) is 11.3 Å². The van der Waals surface area contributed by atoms with Gasteiger partial charge in [-0.25, -0.2) is 0 Å². The predicted molar refractivity (Wildman–Crippen MR) is 67.3 cm³/mol. The van der Waals surface area contributed by atoms with Gasteiger partial charge in [-0.05, 0) is 24.1 Å². The minimum absolute atomic E-state index is 0.105. The molecular weight excluding hydrogens is 242 g/mol. The van der Waals surface area contributed by atoms with Crippen LogP contribution in [0.25, 0.3) is 0 Å². The van der Waals surface area contributed by atoms with E-state index in [1.807, 2.05) is 36.0 Å². The highest BCUT2D eigenvalue weighted by atomic mass is 35.5. The van der Waals surface area contributed by atoms with Gasteiger partial charge in [0.15, 0.2) is 0 Å². The summed E-state index contributed by atoms with van der Waals surface area (Å²) in [6.45, 7) is 0. The number of nitrogens with zero attached hydrogens (tertiary/aromatic N) is 1. The van der Waals surface area contributed by atoms with Gasteiger partial charge < -0.3 is 0 Å². The van der Waals surface area contributed by atoms with E-state index in [1.54, 1.807) is 11.3 Å². The number of hydrogen-bond donors (Lipinski definition) is 2. The summed E-state index contributed by atoms with van der Waals surface area (Å²) in [7, 11) is 0. The zero-order chi connectivity index (χ0) is 11.4. The maximum atomic E-state index is 5.83. The zero-order valence-corrected chi connectivity index (χ0v) is 10.1. The van der Waals surface area contributed by atoms with Gasteiger partial charge in [-0.2, -0.15) is 0 Å². The third-order valence-corrected chi connectivity index (χ3v) is 3.49. The van der Waals surface area contributed by atoms with Gasteiger partial charge in [0.05, 0.1) is 11.6 Å². The van der Waals surface area contributed by atoms with Gasteiger partial charge in [0.2, 0.25) is 0 Å². The lowest BCUT2D eigenvalue weighted by molar-refractivity contribution is 0.560. The summed E-state index contributed by atoms with van der Waals surface area (Å²) < 4.78 is 0. The van der Waals surface area contributed by atoms with E-state index in [9.17, 15) is 0 Å². The molecule has 1 aromatic carbocycles. The molecule has 1 heterocycles. The first-order chi connectivity index (χ1) is 7.79. The third kappa shape index (κ3) is 2.80. The van der Waals surface area contributed by atoms with Crippen molar-refractivity contribution in [1.29, 1.82) is 0 Å². The number of thiazole rings is 1. The Kier molecular flexibility index (Phi) is 3.90. The van der Waals surface area contributed by atoms with Crippen molar-refractivity contribution in [2.75, 3.05) is 0 Å². The molecule has 3 N–H and O–H groups in total. The lowest BCUT2D eigenvalue weighted by Gasteiger charge is -2.13. The molecular formula is C11H12ClN3S. The molecule has 3 nitrogen and oxygen atoms in total. The molecule has 0 saturated heterocycles. The fourth-order valence-electron chi connectivity index (χ4n) is 1.50. The van der Waals surface area contributed by atoms with Crippen LogP contribution in [0.5, 0.6) is 0 Å². The summed E-state index contributed by atoms with van der Waals surface area (Å²) in [5.41, 5.74) is 5.81. The molecule has 0 saturated carbocycles. The van der Waals surface area contributed by atoms with Crippen LogP contribution in [0.15, 0.2) is 36.0 Å². The number of hydrazine groups is 1. The highest BCUT2D eigenvalue weighted by Gasteiger charge is 2.11. The summed E-state index contributed by atoms with van der Waals surface area (Å²) in [6, 6.07) is 7.89. The SMILES string of the molecule is NNC(Cc1ccc(Cl)cc1)c1cncs1. The molecule has 2 aromatic rings. The molecule has 0 spiro atoms. The van der Waals surface area contributed by atoms with Gasteiger partial charge in [-0.1, -0.05) is 23.7 Å². The number of halogens is 1. The molecule has 1 aromatic heterocycles. The Morgan fingerprint density at radius 2 is 2.12 bits per heavy atom. The quantitative estimate of drug-likeness (QED) is 0.650. The van der Waals surface area contributed by atoms with Crippen LogP contribution in [0.3, 0.4) is 0 Å². The summed E-state index contributed by atoms with van der Waals surface area (Å²) in [6.07, 6.45) is 2.67. The van der Waals surface area contributed by atoms with E-state index in [0.29, 0.717) is 0 Å². The van der Waals surface area contributed by atoms with Crippen molar-refractivity contribution < 1.29 is 0 Å². The molecule has 1 unspecified atom stereocenters. The molecule has 0 aliphatic carbocycles. The van der Waals surface area contributed by atoms with E-state index < -0.39 is 0 Å². The fourth-order valence-corrected chi connectivity index (χ4v) is 2.30. The molecule has 1 atom stereocenters. The zero-order valence-electron chi connectivity index (χ0n) is 8.56. The second-order valence-electron chi connectivity index (χ2n) is 3.45. The van der Waals surface area contributed by atoms with Crippen LogP contribution in [0.4, 0.5) is 0 Å². The standard InChI is InChI=1S/C11H12ClN3S/c12-9-3-1-8(2-4-9)5-10(15-13)11-6-14-7-16-11/h1-4,6-7,10,15H,5,13H2. The highest BCUT2D eigenvalue weighted by molar-refractivity contribution is 7.09. The van der Waals surface area contributed by atoms with Crippen LogP contribution in [-0.4, -0.2) is 4.98 Å². The van der Waals surface area contributed by atoms with Crippen molar-refractivity contribution in [3.8, 4) is 0 Å². The summed E-state index contributed by atoms with van der Waals surface area (Å²) in [5.74, 6) is 5.54. The average Bonchev–Trinajstić information content (AvgIpc) is 2.82. The highest BCUT2D eigenvalue weighted by Crippen LogP contribution is 2.21. The Hall–Kier alpha value is -0.940. The van der Waals surface area contributed by atoms with Gasteiger partial charge in [0.25, 0.3) is 0 Å². The first kappa shape index (κ1) is 11.5. The van der Waals surface area contributed by atoms with Gasteiger partial charge in [-0.3, -0.25) is 16.3 Å². The molecule has 0 bridgehead atoms. The average molecular weight is 254 g/mol. The van der Waals surface area contributed by atoms with E-state index in [2.05, 4.69) is 10.4 Å².